The summed E-state index contributed by atoms with van der Waals surface area (Å²) in [4.78, 5) is 23.9. The molecule has 1 aliphatic rings. The zero-order valence-corrected chi connectivity index (χ0v) is 15.0. The van der Waals surface area contributed by atoms with E-state index in [0.29, 0.717) is 23.4 Å². The van der Waals surface area contributed by atoms with Crippen LogP contribution in [0.2, 0.25) is 0 Å². The molecule has 3 rings (SSSR count). The molecule has 6 heteroatoms. The number of benzene rings is 2. The van der Waals surface area contributed by atoms with E-state index in [1.807, 2.05) is 12.1 Å². The van der Waals surface area contributed by atoms with E-state index < -0.39 is 0 Å². The van der Waals surface area contributed by atoms with Crippen molar-refractivity contribution in [2.75, 3.05) is 11.9 Å². The average Bonchev–Trinajstić information content (AvgIpc) is 2.68. The molecule has 0 radical (unpaired) electrons. The molecule has 0 bridgehead atoms. The summed E-state index contributed by atoms with van der Waals surface area (Å²) in [6.07, 6.45) is 1.54. The number of hydrogen-bond acceptors (Lipinski definition) is 5. The quantitative estimate of drug-likeness (QED) is 0.821. The van der Waals surface area contributed by atoms with Gasteiger partial charge in [0.15, 0.2) is 0 Å². The normalized spacial score (nSPS) is 15.0. The predicted octanol–water partition coefficient (Wildman–Crippen LogP) is 3.46. The van der Waals surface area contributed by atoms with Crippen LogP contribution < -0.4 is 10.1 Å². The van der Waals surface area contributed by atoms with Gasteiger partial charge in [0.25, 0.3) is 5.91 Å². The van der Waals surface area contributed by atoms with Crippen LogP contribution in [0.1, 0.15) is 41.3 Å². The molecule has 0 aliphatic carbocycles. The molecule has 0 saturated heterocycles. The maximum absolute atomic E-state index is 12.3. The number of carbonyl (C=O) groups excluding carboxylic acids is 2. The third kappa shape index (κ3) is 4.64. The van der Waals surface area contributed by atoms with Crippen LogP contribution in [0.25, 0.3) is 0 Å². The molecule has 1 aliphatic heterocycles. The molecule has 2 aromatic carbocycles. The van der Waals surface area contributed by atoms with E-state index in [1.54, 1.807) is 43.3 Å². The number of amides is 1. The average molecular weight is 364 g/mol. The predicted molar refractivity (Wildman–Crippen MR) is 99.5 cm³/mol. The molecular formula is C21H20N2O4. The number of nitrogens with zero attached hydrogens (tertiary/aromatic N) is 1. The molecule has 2 aromatic rings. The first-order chi connectivity index (χ1) is 13.1. The van der Waals surface area contributed by atoms with Gasteiger partial charge in [-0.15, -0.1) is 0 Å². The molecule has 0 fully saturated rings. The number of carbonyl (C=O) groups is 2. The Morgan fingerprint density at radius 1 is 1.26 bits per heavy atom. The van der Waals surface area contributed by atoms with Crippen molar-refractivity contribution in [2.24, 2.45) is 0 Å². The van der Waals surface area contributed by atoms with Gasteiger partial charge in [0.2, 0.25) is 0 Å². The highest BCUT2D eigenvalue weighted by molar-refractivity contribution is 6.04. The molecule has 6 nitrogen and oxygen atoms in total. The largest absolute Gasteiger partial charge is 0.490 e. The number of aryl methyl sites for hydroxylation is 1. The van der Waals surface area contributed by atoms with Crippen LogP contribution in [0.4, 0.5) is 5.69 Å². The second kappa shape index (κ2) is 8.37. The van der Waals surface area contributed by atoms with Crippen molar-refractivity contribution in [2.45, 2.75) is 32.3 Å². The molecule has 0 aromatic heterocycles. The van der Waals surface area contributed by atoms with Crippen LogP contribution in [0.5, 0.6) is 5.75 Å². The number of nitriles is 1. The fourth-order valence-electron chi connectivity index (χ4n) is 2.97. The van der Waals surface area contributed by atoms with Gasteiger partial charge < -0.3 is 14.8 Å². The highest BCUT2D eigenvalue weighted by Crippen LogP contribution is 2.31. The Morgan fingerprint density at radius 2 is 2.04 bits per heavy atom. The third-order valence-corrected chi connectivity index (χ3v) is 4.32. The minimum absolute atomic E-state index is 0.185. The zero-order chi connectivity index (χ0) is 19.2. The maximum Gasteiger partial charge on any atom is 0.309 e. The van der Waals surface area contributed by atoms with Gasteiger partial charge in [0, 0.05) is 11.3 Å². The van der Waals surface area contributed by atoms with Crippen LogP contribution >= 0.6 is 0 Å². The van der Waals surface area contributed by atoms with E-state index >= 15 is 0 Å². The summed E-state index contributed by atoms with van der Waals surface area (Å²) in [7, 11) is 0. The second-order valence-corrected chi connectivity index (χ2v) is 6.25. The van der Waals surface area contributed by atoms with E-state index in [4.69, 9.17) is 14.7 Å². The topological polar surface area (TPSA) is 88.4 Å². The summed E-state index contributed by atoms with van der Waals surface area (Å²) >= 11 is 0. The Kier molecular flexibility index (Phi) is 5.72. The van der Waals surface area contributed by atoms with Gasteiger partial charge in [-0.05, 0) is 67.8 Å². The van der Waals surface area contributed by atoms with E-state index in [0.717, 1.165) is 24.2 Å². The van der Waals surface area contributed by atoms with E-state index in [9.17, 15) is 9.59 Å². The summed E-state index contributed by atoms with van der Waals surface area (Å²) in [5.74, 6) is 0.237. The van der Waals surface area contributed by atoms with Crippen molar-refractivity contribution in [3.05, 3.63) is 59.2 Å². The van der Waals surface area contributed by atoms with Crippen molar-refractivity contribution in [1.82, 2.24) is 0 Å². The van der Waals surface area contributed by atoms with Crippen molar-refractivity contribution in [3.8, 4) is 11.8 Å². The number of nitrogens with one attached hydrogen (secondary N) is 1. The SMILES string of the molecule is CCOC(=O)CC1CCc2cc(NC(=O)c3ccc(C#N)cc3)ccc2O1. The van der Waals surface area contributed by atoms with Crippen LogP contribution in [-0.2, 0) is 16.0 Å². The van der Waals surface area contributed by atoms with Gasteiger partial charge >= 0.3 is 5.97 Å². The Labute approximate surface area is 157 Å². The number of ether oxygens (including phenoxy) is 2. The van der Waals surface area contributed by atoms with Gasteiger partial charge in [-0.3, -0.25) is 9.59 Å². The fraction of sp³-hybridized carbons (Fsp3) is 0.286. The van der Waals surface area contributed by atoms with E-state index in [-0.39, 0.29) is 24.4 Å². The Bertz CT molecular complexity index is 884. The molecule has 138 valence electrons. The van der Waals surface area contributed by atoms with Crippen LogP contribution in [0, 0.1) is 11.3 Å². The van der Waals surface area contributed by atoms with Crippen LogP contribution in [0.3, 0.4) is 0 Å². The van der Waals surface area contributed by atoms with Gasteiger partial charge in [-0.1, -0.05) is 0 Å². The third-order valence-electron chi connectivity index (χ3n) is 4.32. The molecule has 1 atom stereocenters. The maximum atomic E-state index is 12.3. The lowest BCUT2D eigenvalue weighted by atomic mass is 10.00. The molecule has 1 heterocycles. The Morgan fingerprint density at radius 3 is 2.74 bits per heavy atom. The lowest BCUT2D eigenvalue weighted by Crippen LogP contribution is -2.26. The fourth-order valence-corrected chi connectivity index (χ4v) is 2.97. The first-order valence-electron chi connectivity index (χ1n) is 8.85. The van der Waals surface area contributed by atoms with Gasteiger partial charge in [0.05, 0.1) is 24.7 Å². The van der Waals surface area contributed by atoms with E-state index in [2.05, 4.69) is 5.32 Å². The van der Waals surface area contributed by atoms with Crippen molar-refractivity contribution in [1.29, 1.82) is 5.26 Å². The van der Waals surface area contributed by atoms with E-state index in [1.165, 1.54) is 0 Å². The summed E-state index contributed by atoms with van der Waals surface area (Å²) in [6.45, 7) is 2.15. The molecule has 1 N–H and O–H groups in total. The lowest BCUT2D eigenvalue weighted by Gasteiger charge is -2.26. The summed E-state index contributed by atoms with van der Waals surface area (Å²) in [5, 5.41) is 11.7. The molecule has 1 unspecified atom stereocenters. The molecule has 1 amide bonds. The highest BCUT2D eigenvalue weighted by Gasteiger charge is 2.23. The van der Waals surface area contributed by atoms with Gasteiger partial charge in [-0.25, -0.2) is 0 Å². The number of anilines is 1. The minimum atomic E-state index is -0.253. The Balaban J connectivity index is 1.64. The summed E-state index contributed by atoms with van der Waals surface area (Å²) in [5.41, 5.74) is 2.66. The highest BCUT2D eigenvalue weighted by atomic mass is 16.5. The molecule has 0 saturated carbocycles. The minimum Gasteiger partial charge on any atom is -0.490 e. The standard InChI is InChI=1S/C21H20N2O4/c1-2-26-20(24)12-18-9-7-16-11-17(8-10-19(16)27-18)23-21(25)15-5-3-14(13-22)4-6-15/h3-6,8,10-11,18H,2,7,9,12H2,1H3,(H,23,25). The van der Waals surface area contributed by atoms with Crippen molar-refractivity contribution < 1.29 is 19.1 Å². The lowest BCUT2D eigenvalue weighted by molar-refractivity contribution is -0.145. The monoisotopic (exact) mass is 364 g/mol. The molecule has 27 heavy (non-hydrogen) atoms. The first kappa shape index (κ1) is 18.5. The second-order valence-electron chi connectivity index (χ2n) is 6.25. The van der Waals surface area contributed by atoms with Gasteiger partial charge in [-0.2, -0.15) is 5.26 Å². The van der Waals surface area contributed by atoms with Crippen LogP contribution in [0.15, 0.2) is 42.5 Å². The number of hydrogen-bond donors (Lipinski definition) is 1. The van der Waals surface area contributed by atoms with Crippen molar-refractivity contribution >= 4 is 17.6 Å². The number of fused-ring (bicyclic) bond motifs is 1. The number of esters is 1. The zero-order valence-electron chi connectivity index (χ0n) is 15.0. The smallest absolute Gasteiger partial charge is 0.309 e. The molecule has 0 spiro atoms. The van der Waals surface area contributed by atoms with Crippen LogP contribution in [-0.4, -0.2) is 24.6 Å². The summed E-state index contributed by atoms with van der Waals surface area (Å²) in [6, 6.07) is 14.0. The molecular weight excluding hydrogens is 344 g/mol. The Hall–Kier alpha value is -3.33. The number of rotatable bonds is 5. The van der Waals surface area contributed by atoms with Crippen molar-refractivity contribution in [3.63, 3.8) is 0 Å². The van der Waals surface area contributed by atoms with Gasteiger partial charge in [0.1, 0.15) is 11.9 Å². The summed E-state index contributed by atoms with van der Waals surface area (Å²) < 4.78 is 10.8. The first-order valence-corrected chi connectivity index (χ1v) is 8.85.